The Morgan fingerprint density at radius 2 is 1.38 bits per heavy atom. The molecule has 232 valence electrons. The lowest BCUT2D eigenvalue weighted by molar-refractivity contribution is 0.669. The number of nitrogens with zero attached hydrogens (tertiary/aromatic N) is 2. The molecule has 0 N–H and O–H groups in total. The van der Waals surface area contributed by atoms with Crippen molar-refractivity contribution in [3.05, 3.63) is 126 Å². The van der Waals surface area contributed by atoms with E-state index in [2.05, 4.69) is 138 Å². The van der Waals surface area contributed by atoms with Gasteiger partial charge in [-0.1, -0.05) is 87.4 Å². The summed E-state index contributed by atoms with van der Waals surface area (Å²) in [5, 5.41) is 5.11. The third-order valence-corrected chi connectivity index (χ3v) is 10.9. The fourth-order valence-electron chi connectivity index (χ4n) is 8.75. The fraction of sp³-hybridized carbons (Fsp3) is 0.182. The first-order valence-electron chi connectivity index (χ1n) is 17.8. The molecule has 0 aliphatic carbocycles. The molecule has 0 bridgehead atoms. The second-order valence-electron chi connectivity index (χ2n) is 13.8. The zero-order chi connectivity index (χ0) is 31.9. The molecular weight excluding hydrogens is 583 g/mol. The van der Waals surface area contributed by atoms with Gasteiger partial charge in [-0.3, -0.25) is 0 Å². The van der Waals surface area contributed by atoms with Crippen molar-refractivity contribution in [2.75, 3.05) is 4.90 Å². The van der Waals surface area contributed by atoms with Gasteiger partial charge in [0.25, 0.3) is 0 Å². The Bertz CT molecular complexity index is 2560. The molecule has 0 unspecified atom stereocenters. The van der Waals surface area contributed by atoms with Crippen molar-refractivity contribution < 1.29 is 4.42 Å². The molecule has 10 rings (SSSR count). The average molecular weight is 621 g/mol. The van der Waals surface area contributed by atoms with Crippen LogP contribution in [0.5, 0.6) is 0 Å². The maximum atomic E-state index is 6.75. The average Bonchev–Trinajstić information content (AvgIpc) is 3.67. The first-order chi connectivity index (χ1) is 23.7. The summed E-state index contributed by atoms with van der Waals surface area (Å²) in [7, 11) is 0. The third kappa shape index (κ3) is 3.83. The van der Waals surface area contributed by atoms with Crippen LogP contribution in [0.1, 0.15) is 50.7 Å². The maximum Gasteiger partial charge on any atom is 0.333 e. The Morgan fingerprint density at radius 1 is 0.625 bits per heavy atom. The Balaban J connectivity index is 1.40. The van der Waals surface area contributed by atoms with Crippen molar-refractivity contribution in [3.63, 3.8) is 0 Å². The van der Waals surface area contributed by atoms with Gasteiger partial charge in [-0.2, -0.15) is 0 Å². The van der Waals surface area contributed by atoms with Gasteiger partial charge in [0.2, 0.25) is 0 Å². The molecule has 2 aromatic heterocycles. The summed E-state index contributed by atoms with van der Waals surface area (Å²) in [4.78, 5) is 2.51. The van der Waals surface area contributed by atoms with E-state index in [-0.39, 0.29) is 6.85 Å². The van der Waals surface area contributed by atoms with Crippen LogP contribution >= 0.6 is 0 Å². The van der Waals surface area contributed by atoms with E-state index in [9.17, 15) is 0 Å². The number of para-hydroxylation sites is 3. The summed E-state index contributed by atoms with van der Waals surface area (Å²) in [5.74, 6) is 0. The molecule has 8 aromatic rings. The normalized spacial score (nSPS) is 13.2. The monoisotopic (exact) mass is 620 g/mol. The van der Waals surface area contributed by atoms with E-state index in [1.807, 2.05) is 0 Å². The molecule has 0 atom stereocenters. The van der Waals surface area contributed by atoms with Crippen LogP contribution in [0.2, 0.25) is 0 Å². The second-order valence-corrected chi connectivity index (χ2v) is 13.8. The first-order valence-corrected chi connectivity index (χ1v) is 17.8. The number of rotatable bonds is 7. The minimum absolute atomic E-state index is 0.0275. The summed E-state index contributed by atoms with van der Waals surface area (Å²) in [5.41, 5.74) is 16.3. The van der Waals surface area contributed by atoms with E-state index in [1.54, 1.807) is 0 Å². The quantitative estimate of drug-likeness (QED) is 0.165. The molecule has 4 heteroatoms. The lowest BCUT2D eigenvalue weighted by Crippen LogP contribution is -2.56. The van der Waals surface area contributed by atoms with Gasteiger partial charge in [0.05, 0.1) is 11.1 Å². The molecule has 2 aliphatic heterocycles. The molecular formula is C44H37BN2O. The minimum Gasteiger partial charge on any atom is -0.456 e. The molecule has 0 fully saturated rings. The summed E-state index contributed by atoms with van der Waals surface area (Å²) in [6.07, 6.45) is 6.98. The Kier molecular flexibility index (Phi) is 6.18. The van der Waals surface area contributed by atoms with Gasteiger partial charge in [-0.05, 0) is 108 Å². The number of hydrogen-bond donors (Lipinski definition) is 0. The highest BCUT2D eigenvalue weighted by atomic mass is 16.3. The smallest absolute Gasteiger partial charge is 0.333 e. The first kappa shape index (κ1) is 27.9. The molecule has 0 saturated carbocycles. The number of aryl methyl sites for hydroxylation is 2. The largest absolute Gasteiger partial charge is 0.456 e. The topological polar surface area (TPSA) is 21.3 Å². The van der Waals surface area contributed by atoms with Crippen molar-refractivity contribution >= 4 is 78.6 Å². The molecule has 0 amide bonds. The number of unbranched alkanes of at least 4 members (excludes halogenated alkanes) is 2. The zero-order valence-electron chi connectivity index (χ0n) is 27.6. The number of furan rings is 1. The standard InChI is InChI=1S/C44H37BN2O/c1-3-5-14-28-22-23-37-32(24-28)34-25-29(15-6-4-2)26-35-33-27-40-41(31-18-10-13-21-39(31)48-40)44-42(33)45(47(37)43(34)35)36-19-11-12-20-38(36)46(44)30-16-8-7-9-17-30/h7-13,16-27H,3-6,14-15H2,1-2H3. The van der Waals surface area contributed by atoms with E-state index in [0.29, 0.717) is 0 Å². The highest BCUT2D eigenvalue weighted by Crippen LogP contribution is 2.50. The van der Waals surface area contributed by atoms with E-state index < -0.39 is 0 Å². The number of benzene rings is 6. The van der Waals surface area contributed by atoms with Crippen LogP contribution in [-0.2, 0) is 12.8 Å². The van der Waals surface area contributed by atoms with E-state index in [4.69, 9.17) is 4.42 Å². The third-order valence-electron chi connectivity index (χ3n) is 10.9. The summed E-state index contributed by atoms with van der Waals surface area (Å²) in [6.45, 7) is 4.60. The van der Waals surface area contributed by atoms with Crippen molar-refractivity contribution in [3.8, 4) is 11.1 Å². The SMILES string of the molecule is CCCCc1ccc2c(c1)c1cc(CCCC)cc3c1n2B1c2ccccc2N(c2ccccc2)c2c1c-3cc1oc3ccccc3c21. The second kappa shape index (κ2) is 10.7. The molecule has 0 saturated heterocycles. The number of fused-ring (bicyclic) bond motifs is 11. The molecule has 2 aliphatic rings. The summed E-state index contributed by atoms with van der Waals surface area (Å²) >= 11 is 0. The van der Waals surface area contributed by atoms with E-state index in [1.165, 1.54) is 97.4 Å². The van der Waals surface area contributed by atoms with Gasteiger partial charge in [0.15, 0.2) is 0 Å². The van der Waals surface area contributed by atoms with Crippen LogP contribution in [-0.4, -0.2) is 11.3 Å². The van der Waals surface area contributed by atoms with Crippen LogP contribution in [0.3, 0.4) is 0 Å². The highest BCUT2D eigenvalue weighted by Gasteiger charge is 2.44. The van der Waals surface area contributed by atoms with Gasteiger partial charge >= 0.3 is 6.85 Å². The van der Waals surface area contributed by atoms with Gasteiger partial charge in [-0.15, -0.1) is 0 Å². The Morgan fingerprint density at radius 3 is 2.23 bits per heavy atom. The Hall–Kier alpha value is -5.22. The van der Waals surface area contributed by atoms with Gasteiger partial charge in [0, 0.05) is 44.1 Å². The van der Waals surface area contributed by atoms with Crippen molar-refractivity contribution in [1.82, 2.24) is 4.48 Å². The minimum atomic E-state index is 0.0275. The van der Waals surface area contributed by atoms with Gasteiger partial charge < -0.3 is 13.8 Å². The lowest BCUT2D eigenvalue weighted by Gasteiger charge is -2.40. The van der Waals surface area contributed by atoms with Crippen LogP contribution < -0.4 is 15.8 Å². The van der Waals surface area contributed by atoms with E-state index >= 15 is 0 Å². The summed E-state index contributed by atoms with van der Waals surface area (Å²) < 4.78 is 9.44. The van der Waals surface area contributed by atoms with Crippen molar-refractivity contribution in [2.24, 2.45) is 0 Å². The van der Waals surface area contributed by atoms with Crippen molar-refractivity contribution in [1.29, 1.82) is 0 Å². The van der Waals surface area contributed by atoms with Crippen LogP contribution in [0.4, 0.5) is 17.1 Å². The molecule has 0 spiro atoms. The Labute approximate surface area is 281 Å². The molecule has 4 heterocycles. The predicted octanol–water partition coefficient (Wildman–Crippen LogP) is 10.8. The van der Waals surface area contributed by atoms with Crippen LogP contribution in [0.25, 0.3) is 54.9 Å². The predicted molar refractivity (Wildman–Crippen MR) is 204 cm³/mol. The van der Waals surface area contributed by atoms with E-state index in [0.717, 1.165) is 35.1 Å². The number of aromatic nitrogens is 1. The zero-order valence-corrected chi connectivity index (χ0v) is 27.6. The lowest BCUT2D eigenvalue weighted by atomic mass is 9.45. The maximum absolute atomic E-state index is 6.75. The fourth-order valence-corrected chi connectivity index (χ4v) is 8.75. The van der Waals surface area contributed by atoms with Crippen molar-refractivity contribution in [2.45, 2.75) is 52.4 Å². The molecule has 6 aromatic carbocycles. The molecule has 48 heavy (non-hydrogen) atoms. The summed E-state index contributed by atoms with van der Waals surface area (Å²) in [6, 6.07) is 43.2. The van der Waals surface area contributed by atoms with Crippen LogP contribution in [0.15, 0.2) is 120 Å². The van der Waals surface area contributed by atoms with Crippen LogP contribution in [0, 0.1) is 0 Å². The van der Waals surface area contributed by atoms with Gasteiger partial charge in [0.1, 0.15) is 11.2 Å². The highest BCUT2D eigenvalue weighted by molar-refractivity contribution is 6.90. The molecule has 0 radical (unpaired) electrons. The number of hydrogen-bond acceptors (Lipinski definition) is 2. The number of anilines is 3. The van der Waals surface area contributed by atoms with Gasteiger partial charge in [-0.25, -0.2) is 0 Å². The molecule has 3 nitrogen and oxygen atoms in total.